The van der Waals surface area contributed by atoms with Gasteiger partial charge in [0.15, 0.2) is 17.6 Å². The molecular weight excluding hydrogens is 358 g/mol. The summed E-state index contributed by atoms with van der Waals surface area (Å²) in [5, 5.41) is 2.97. The highest BCUT2D eigenvalue weighted by Crippen LogP contribution is 2.30. The maximum atomic E-state index is 12.5. The number of anilines is 1. The molecule has 148 valence electrons. The number of nitrogens with one attached hydrogen (secondary N) is 1. The predicted molar refractivity (Wildman–Crippen MR) is 107 cm³/mol. The lowest BCUT2D eigenvalue weighted by atomic mass is 10.2. The number of hydrogen-bond acceptors (Lipinski definition) is 5. The van der Waals surface area contributed by atoms with Crippen LogP contribution in [0.1, 0.15) is 0 Å². The van der Waals surface area contributed by atoms with E-state index < -0.39 is 0 Å². The number of methoxy groups -OCH3 is 1. The predicted octanol–water partition coefficient (Wildman–Crippen LogP) is 2.37. The maximum absolute atomic E-state index is 12.5. The largest absolute Gasteiger partial charge is 0.497 e. The molecule has 0 saturated carbocycles. The first kappa shape index (κ1) is 18.3. The van der Waals surface area contributed by atoms with E-state index in [1.165, 1.54) is 0 Å². The summed E-state index contributed by atoms with van der Waals surface area (Å²) in [7, 11) is 1.66. The van der Waals surface area contributed by atoms with E-state index in [0.29, 0.717) is 26.2 Å². The number of nitrogens with zero attached hydrogens (tertiary/aromatic N) is 2. The first-order valence-electron chi connectivity index (χ1n) is 9.53. The number of amides is 2. The molecule has 2 aliphatic heterocycles. The van der Waals surface area contributed by atoms with Crippen molar-refractivity contribution in [2.45, 2.75) is 6.10 Å². The van der Waals surface area contributed by atoms with Crippen LogP contribution in [-0.2, 0) is 0 Å². The van der Waals surface area contributed by atoms with E-state index in [0.717, 1.165) is 36.0 Å². The summed E-state index contributed by atoms with van der Waals surface area (Å²) in [6.07, 6.45) is -0.181. The smallest absolute Gasteiger partial charge is 0.317 e. The molecule has 0 radical (unpaired) electrons. The molecule has 0 spiro atoms. The van der Waals surface area contributed by atoms with Crippen LogP contribution in [0.5, 0.6) is 17.2 Å². The molecule has 7 heteroatoms. The fourth-order valence-corrected chi connectivity index (χ4v) is 3.44. The van der Waals surface area contributed by atoms with Crippen LogP contribution in [-0.4, -0.2) is 63.5 Å². The number of rotatable bonds is 4. The van der Waals surface area contributed by atoms with Crippen molar-refractivity contribution in [1.29, 1.82) is 0 Å². The summed E-state index contributed by atoms with van der Waals surface area (Å²) in [4.78, 5) is 16.6. The van der Waals surface area contributed by atoms with Crippen molar-refractivity contribution in [3.63, 3.8) is 0 Å². The van der Waals surface area contributed by atoms with Crippen molar-refractivity contribution in [2.24, 2.45) is 0 Å². The third kappa shape index (κ3) is 4.08. The van der Waals surface area contributed by atoms with E-state index in [1.807, 2.05) is 53.4 Å². The summed E-state index contributed by atoms with van der Waals surface area (Å²) in [6, 6.07) is 15.5. The molecule has 0 bridgehead atoms. The monoisotopic (exact) mass is 383 g/mol. The molecule has 28 heavy (non-hydrogen) atoms. The van der Waals surface area contributed by atoms with Crippen molar-refractivity contribution in [3.05, 3.63) is 48.5 Å². The minimum Gasteiger partial charge on any atom is -0.497 e. The average Bonchev–Trinajstić information content (AvgIpc) is 2.77. The van der Waals surface area contributed by atoms with Crippen LogP contribution in [0, 0.1) is 0 Å². The number of carbonyl (C=O) groups is 1. The van der Waals surface area contributed by atoms with Gasteiger partial charge in [-0.1, -0.05) is 12.1 Å². The van der Waals surface area contributed by atoms with Crippen LogP contribution in [0.3, 0.4) is 0 Å². The normalized spacial score (nSPS) is 18.5. The lowest BCUT2D eigenvalue weighted by Crippen LogP contribution is -2.53. The van der Waals surface area contributed by atoms with Crippen molar-refractivity contribution < 1.29 is 19.0 Å². The fourth-order valence-electron chi connectivity index (χ4n) is 3.44. The molecule has 0 aromatic heterocycles. The van der Waals surface area contributed by atoms with Gasteiger partial charge in [0.2, 0.25) is 0 Å². The van der Waals surface area contributed by atoms with Crippen LogP contribution in [0.4, 0.5) is 10.5 Å². The van der Waals surface area contributed by atoms with E-state index in [9.17, 15) is 4.79 Å². The molecule has 2 aromatic carbocycles. The van der Waals surface area contributed by atoms with Gasteiger partial charge in [-0.2, -0.15) is 0 Å². The third-order valence-electron chi connectivity index (χ3n) is 5.05. The first-order chi connectivity index (χ1) is 13.7. The summed E-state index contributed by atoms with van der Waals surface area (Å²) < 4.78 is 16.8. The van der Waals surface area contributed by atoms with Gasteiger partial charge >= 0.3 is 6.03 Å². The van der Waals surface area contributed by atoms with E-state index in [2.05, 4.69) is 10.2 Å². The van der Waals surface area contributed by atoms with Crippen LogP contribution in [0.2, 0.25) is 0 Å². The summed E-state index contributed by atoms with van der Waals surface area (Å²) in [6.45, 7) is 3.83. The van der Waals surface area contributed by atoms with Gasteiger partial charge in [-0.3, -0.25) is 0 Å². The zero-order chi connectivity index (χ0) is 19.3. The lowest BCUT2D eigenvalue weighted by Gasteiger charge is -2.36. The third-order valence-corrected chi connectivity index (χ3v) is 5.05. The Morgan fingerprint density at radius 2 is 1.79 bits per heavy atom. The van der Waals surface area contributed by atoms with Gasteiger partial charge in [0, 0.05) is 31.9 Å². The van der Waals surface area contributed by atoms with Crippen LogP contribution >= 0.6 is 0 Å². The van der Waals surface area contributed by atoms with E-state index in [1.54, 1.807) is 7.11 Å². The van der Waals surface area contributed by atoms with Gasteiger partial charge in [0.25, 0.3) is 0 Å². The molecule has 1 unspecified atom stereocenters. The van der Waals surface area contributed by atoms with Crippen LogP contribution < -0.4 is 24.4 Å². The molecule has 0 aliphatic carbocycles. The Hall–Kier alpha value is -3.09. The number of benzene rings is 2. The van der Waals surface area contributed by atoms with Crippen molar-refractivity contribution in [2.75, 3.05) is 51.3 Å². The summed E-state index contributed by atoms with van der Waals surface area (Å²) >= 11 is 0. The lowest BCUT2D eigenvalue weighted by molar-refractivity contribution is 0.0900. The SMILES string of the molecule is COc1ccc(N2CCN(C(=O)NCC3COc4ccccc4O3)CC2)cc1. The number of fused-ring (bicyclic) bond motifs is 1. The van der Waals surface area contributed by atoms with Gasteiger partial charge in [0.1, 0.15) is 12.4 Å². The van der Waals surface area contributed by atoms with E-state index >= 15 is 0 Å². The quantitative estimate of drug-likeness (QED) is 0.878. The molecule has 1 atom stereocenters. The van der Waals surface area contributed by atoms with Crippen LogP contribution in [0.15, 0.2) is 48.5 Å². The van der Waals surface area contributed by atoms with Gasteiger partial charge in [-0.25, -0.2) is 4.79 Å². The summed E-state index contributed by atoms with van der Waals surface area (Å²) in [5.74, 6) is 2.32. The Morgan fingerprint density at radius 3 is 2.50 bits per heavy atom. The molecular formula is C21H25N3O4. The molecule has 1 saturated heterocycles. The second kappa shape index (κ2) is 8.29. The Bertz CT molecular complexity index is 804. The molecule has 2 amide bonds. The molecule has 2 aliphatic rings. The Balaban J connectivity index is 1.23. The van der Waals surface area contributed by atoms with Gasteiger partial charge < -0.3 is 29.3 Å². The van der Waals surface area contributed by atoms with E-state index in [-0.39, 0.29) is 12.1 Å². The van der Waals surface area contributed by atoms with Crippen molar-refractivity contribution in [1.82, 2.24) is 10.2 Å². The van der Waals surface area contributed by atoms with Gasteiger partial charge in [-0.15, -0.1) is 0 Å². The highest BCUT2D eigenvalue weighted by Gasteiger charge is 2.24. The number of ether oxygens (including phenoxy) is 3. The van der Waals surface area contributed by atoms with Crippen molar-refractivity contribution in [3.8, 4) is 17.2 Å². The van der Waals surface area contributed by atoms with Crippen LogP contribution in [0.25, 0.3) is 0 Å². The average molecular weight is 383 g/mol. The Morgan fingerprint density at radius 1 is 1.07 bits per heavy atom. The topological polar surface area (TPSA) is 63.3 Å². The van der Waals surface area contributed by atoms with Gasteiger partial charge in [-0.05, 0) is 36.4 Å². The second-order valence-electron chi connectivity index (χ2n) is 6.86. The van der Waals surface area contributed by atoms with E-state index in [4.69, 9.17) is 14.2 Å². The highest BCUT2D eigenvalue weighted by molar-refractivity contribution is 5.74. The molecule has 4 rings (SSSR count). The minimum absolute atomic E-state index is 0.0585. The summed E-state index contributed by atoms with van der Waals surface area (Å²) in [5.41, 5.74) is 1.15. The zero-order valence-electron chi connectivity index (χ0n) is 16.0. The number of urea groups is 1. The standard InChI is InChI=1S/C21H25N3O4/c1-26-17-8-6-16(7-9-17)23-10-12-24(13-11-23)21(25)22-14-18-15-27-19-4-2-3-5-20(19)28-18/h2-9,18H,10-15H2,1H3,(H,22,25). The fraction of sp³-hybridized carbons (Fsp3) is 0.381. The highest BCUT2D eigenvalue weighted by atomic mass is 16.6. The first-order valence-corrected chi connectivity index (χ1v) is 9.53. The minimum atomic E-state index is -0.181. The molecule has 2 aromatic rings. The molecule has 1 N–H and O–H groups in total. The number of hydrogen-bond donors (Lipinski definition) is 1. The number of carbonyl (C=O) groups excluding carboxylic acids is 1. The molecule has 1 fully saturated rings. The van der Waals surface area contributed by atoms with Gasteiger partial charge in [0.05, 0.1) is 13.7 Å². The molecule has 7 nitrogen and oxygen atoms in total. The Labute approximate surface area is 164 Å². The zero-order valence-corrected chi connectivity index (χ0v) is 16.0. The maximum Gasteiger partial charge on any atom is 0.317 e. The second-order valence-corrected chi connectivity index (χ2v) is 6.86. The van der Waals surface area contributed by atoms with Crippen molar-refractivity contribution >= 4 is 11.7 Å². The number of piperazine rings is 1. The Kier molecular flexibility index (Phi) is 5.41. The number of para-hydroxylation sites is 2. The molecule has 2 heterocycles.